The van der Waals surface area contributed by atoms with E-state index in [-0.39, 0.29) is 6.10 Å². The number of nitrogens with zero attached hydrogens (tertiary/aromatic N) is 1. The molecule has 0 spiro atoms. The van der Waals surface area contributed by atoms with Crippen molar-refractivity contribution >= 4 is 0 Å². The zero-order valence-corrected chi connectivity index (χ0v) is 8.44. The minimum absolute atomic E-state index is 0.169. The van der Waals surface area contributed by atoms with Crippen molar-refractivity contribution in [1.29, 1.82) is 0 Å². The van der Waals surface area contributed by atoms with Crippen LogP contribution in [-0.2, 0) is 4.74 Å². The van der Waals surface area contributed by atoms with E-state index in [1.807, 2.05) is 24.5 Å². The summed E-state index contributed by atoms with van der Waals surface area (Å²) in [6, 6.07) is 4.01. The van der Waals surface area contributed by atoms with Gasteiger partial charge in [-0.1, -0.05) is 0 Å². The van der Waals surface area contributed by atoms with Crippen molar-refractivity contribution < 1.29 is 4.74 Å². The van der Waals surface area contributed by atoms with Gasteiger partial charge in [-0.3, -0.25) is 4.98 Å². The fraction of sp³-hybridized carbons (Fsp3) is 0.545. The molecular formula is C11H16N2O. The highest BCUT2D eigenvalue weighted by molar-refractivity contribution is 5.12. The van der Waals surface area contributed by atoms with Crippen LogP contribution in [0, 0.1) is 0 Å². The maximum absolute atomic E-state index is 5.91. The van der Waals surface area contributed by atoms with Crippen LogP contribution in [0.25, 0.3) is 0 Å². The maximum atomic E-state index is 5.91. The van der Waals surface area contributed by atoms with Crippen molar-refractivity contribution in [3.8, 4) is 0 Å². The summed E-state index contributed by atoms with van der Waals surface area (Å²) in [7, 11) is 0. The summed E-state index contributed by atoms with van der Waals surface area (Å²) >= 11 is 0. The Morgan fingerprint density at radius 1 is 1.50 bits per heavy atom. The fourth-order valence-electron chi connectivity index (χ4n) is 1.75. The molecule has 14 heavy (non-hydrogen) atoms. The molecule has 0 radical (unpaired) electrons. The van der Waals surface area contributed by atoms with Gasteiger partial charge in [0, 0.05) is 18.9 Å². The normalized spacial score (nSPS) is 23.6. The van der Waals surface area contributed by atoms with Gasteiger partial charge < -0.3 is 10.1 Å². The molecular weight excluding hydrogens is 176 g/mol. The smallest absolute Gasteiger partial charge is 0.0802 e. The van der Waals surface area contributed by atoms with Gasteiger partial charge in [-0.25, -0.2) is 0 Å². The van der Waals surface area contributed by atoms with Gasteiger partial charge in [0.25, 0.3) is 0 Å². The summed E-state index contributed by atoms with van der Waals surface area (Å²) in [5, 5.41) is 3.29. The third-order valence-electron chi connectivity index (χ3n) is 2.59. The number of nitrogens with one attached hydrogen (secondary N) is 1. The molecule has 1 N–H and O–H groups in total. The summed E-state index contributed by atoms with van der Waals surface area (Å²) in [6.45, 7) is 4.15. The molecule has 1 aliphatic heterocycles. The highest BCUT2D eigenvalue weighted by Crippen LogP contribution is 2.19. The number of pyridine rings is 1. The third-order valence-corrected chi connectivity index (χ3v) is 2.59. The zero-order chi connectivity index (χ0) is 9.80. The first-order valence-corrected chi connectivity index (χ1v) is 5.12. The SMILES string of the molecule is C[C@@H](O[C@@H]1CCNC1)c1ccncc1. The first kappa shape index (κ1) is 9.62. The van der Waals surface area contributed by atoms with Gasteiger partial charge in [0.1, 0.15) is 0 Å². The topological polar surface area (TPSA) is 34.1 Å². The van der Waals surface area contributed by atoms with Crippen molar-refractivity contribution in [3.63, 3.8) is 0 Å². The average Bonchev–Trinajstić information content (AvgIpc) is 2.72. The van der Waals surface area contributed by atoms with Crippen LogP contribution in [0.4, 0.5) is 0 Å². The van der Waals surface area contributed by atoms with Crippen LogP contribution in [0.15, 0.2) is 24.5 Å². The van der Waals surface area contributed by atoms with E-state index in [1.54, 1.807) is 0 Å². The van der Waals surface area contributed by atoms with Gasteiger partial charge >= 0.3 is 0 Å². The van der Waals surface area contributed by atoms with E-state index in [9.17, 15) is 0 Å². The number of hydrogen-bond donors (Lipinski definition) is 1. The number of rotatable bonds is 3. The van der Waals surface area contributed by atoms with Crippen LogP contribution in [0.2, 0.25) is 0 Å². The lowest BCUT2D eigenvalue weighted by molar-refractivity contribution is 0.00825. The highest BCUT2D eigenvalue weighted by Gasteiger charge is 2.18. The van der Waals surface area contributed by atoms with Gasteiger partial charge in [-0.2, -0.15) is 0 Å². The molecule has 1 fully saturated rings. The molecule has 3 heteroatoms. The molecule has 1 aromatic rings. The van der Waals surface area contributed by atoms with Crippen molar-refractivity contribution in [2.45, 2.75) is 25.6 Å². The second-order valence-corrected chi connectivity index (χ2v) is 3.67. The van der Waals surface area contributed by atoms with Crippen molar-refractivity contribution in [1.82, 2.24) is 10.3 Å². The Bertz CT molecular complexity index is 270. The highest BCUT2D eigenvalue weighted by atomic mass is 16.5. The molecule has 2 rings (SSSR count). The first-order valence-electron chi connectivity index (χ1n) is 5.12. The number of hydrogen-bond acceptors (Lipinski definition) is 3. The van der Waals surface area contributed by atoms with Crippen LogP contribution >= 0.6 is 0 Å². The lowest BCUT2D eigenvalue weighted by Crippen LogP contribution is -2.18. The summed E-state index contributed by atoms with van der Waals surface area (Å²) < 4.78 is 5.91. The van der Waals surface area contributed by atoms with E-state index in [0.29, 0.717) is 6.10 Å². The molecule has 0 saturated carbocycles. The molecule has 1 saturated heterocycles. The quantitative estimate of drug-likeness (QED) is 0.788. The van der Waals surface area contributed by atoms with Gasteiger partial charge in [-0.15, -0.1) is 0 Å². The summed E-state index contributed by atoms with van der Waals surface area (Å²) in [5.41, 5.74) is 1.20. The largest absolute Gasteiger partial charge is 0.369 e. The molecule has 0 bridgehead atoms. The molecule has 0 aromatic carbocycles. The Morgan fingerprint density at radius 2 is 2.29 bits per heavy atom. The van der Waals surface area contributed by atoms with E-state index in [1.165, 1.54) is 5.56 Å². The molecule has 0 amide bonds. The van der Waals surface area contributed by atoms with E-state index < -0.39 is 0 Å². The summed E-state index contributed by atoms with van der Waals surface area (Å²) in [4.78, 5) is 3.99. The van der Waals surface area contributed by atoms with Crippen LogP contribution in [0.1, 0.15) is 25.0 Å². The van der Waals surface area contributed by atoms with E-state index in [4.69, 9.17) is 4.74 Å². The number of ether oxygens (including phenoxy) is 1. The summed E-state index contributed by atoms with van der Waals surface area (Å²) in [6.07, 6.45) is 5.28. The van der Waals surface area contributed by atoms with Crippen LogP contribution < -0.4 is 5.32 Å². The molecule has 76 valence electrons. The molecule has 2 heterocycles. The predicted octanol–water partition coefficient (Wildman–Crippen LogP) is 1.52. The molecule has 1 aromatic heterocycles. The Labute approximate surface area is 84.5 Å². The molecule has 3 nitrogen and oxygen atoms in total. The Kier molecular flexibility index (Phi) is 3.11. The molecule has 0 aliphatic carbocycles. The Morgan fingerprint density at radius 3 is 2.93 bits per heavy atom. The van der Waals surface area contributed by atoms with Crippen LogP contribution in [-0.4, -0.2) is 24.2 Å². The second-order valence-electron chi connectivity index (χ2n) is 3.67. The average molecular weight is 192 g/mol. The lowest BCUT2D eigenvalue weighted by atomic mass is 10.1. The van der Waals surface area contributed by atoms with Gasteiger partial charge in [-0.05, 0) is 37.6 Å². The van der Waals surface area contributed by atoms with Crippen LogP contribution in [0.3, 0.4) is 0 Å². The van der Waals surface area contributed by atoms with Crippen molar-refractivity contribution in [2.75, 3.05) is 13.1 Å². The van der Waals surface area contributed by atoms with Crippen molar-refractivity contribution in [2.24, 2.45) is 0 Å². The zero-order valence-electron chi connectivity index (χ0n) is 8.44. The first-order chi connectivity index (χ1) is 6.86. The van der Waals surface area contributed by atoms with E-state index in [0.717, 1.165) is 19.5 Å². The van der Waals surface area contributed by atoms with Gasteiger partial charge in [0.2, 0.25) is 0 Å². The third kappa shape index (κ3) is 2.30. The fourth-order valence-corrected chi connectivity index (χ4v) is 1.75. The van der Waals surface area contributed by atoms with Gasteiger partial charge in [0.05, 0.1) is 12.2 Å². The summed E-state index contributed by atoms with van der Waals surface area (Å²) in [5.74, 6) is 0. The van der Waals surface area contributed by atoms with Crippen LogP contribution in [0.5, 0.6) is 0 Å². The molecule has 0 unspecified atom stereocenters. The second kappa shape index (κ2) is 4.53. The lowest BCUT2D eigenvalue weighted by Gasteiger charge is -2.17. The minimum atomic E-state index is 0.169. The number of aromatic nitrogens is 1. The Hall–Kier alpha value is -0.930. The molecule has 1 aliphatic rings. The minimum Gasteiger partial charge on any atom is -0.369 e. The Balaban J connectivity index is 1.92. The van der Waals surface area contributed by atoms with Gasteiger partial charge in [0.15, 0.2) is 0 Å². The van der Waals surface area contributed by atoms with E-state index >= 15 is 0 Å². The van der Waals surface area contributed by atoms with E-state index in [2.05, 4.69) is 17.2 Å². The predicted molar refractivity (Wildman–Crippen MR) is 55.0 cm³/mol. The van der Waals surface area contributed by atoms with Crippen molar-refractivity contribution in [3.05, 3.63) is 30.1 Å². The molecule has 2 atom stereocenters. The standard InChI is InChI=1S/C11H16N2O/c1-9(10-2-5-12-6-3-10)14-11-4-7-13-8-11/h2-3,5-6,9,11,13H,4,7-8H2,1H3/t9-,11-/m1/s1. The monoisotopic (exact) mass is 192 g/mol. The maximum Gasteiger partial charge on any atom is 0.0802 e.